The van der Waals surface area contributed by atoms with Crippen LogP contribution in [0.15, 0.2) is 42.5 Å². The number of hydrogen-bond donors (Lipinski definition) is 2. The summed E-state index contributed by atoms with van der Waals surface area (Å²) in [4.78, 5) is 0. The molecule has 0 bridgehead atoms. The van der Waals surface area contributed by atoms with Gasteiger partial charge in [-0.2, -0.15) is 0 Å². The Morgan fingerprint density at radius 1 is 1.10 bits per heavy atom. The Morgan fingerprint density at radius 3 is 2.62 bits per heavy atom. The third kappa shape index (κ3) is 3.26. The van der Waals surface area contributed by atoms with E-state index < -0.39 is 0 Å². The molecule has 0 aromatic heterocycles. The van der Waals surface area contributed by atoms with E-state index in [2.05, 4.69) is 12.1 Å². The van der Waals surface area contributed by atoms with Crippen molar-refractivity contribution in [1.29, 1.82) is 0 Å². The van der Waals surface area contributed by atoms with Gasteiger partial charge in [-0.15, -0.1) is 0 Å². The monoisotopic (exact) mass is 283 g/mol. The van der Waals surface area contributed by atoms with Crippen LogP contribution in [0, 0.1) is 0 Å². The van der Waals surface area contributed by atoms with Crippen molar-refractivity contribution in [3.05, 3.63) is 64.7 Å². The van der Waals surface area contributed by atoms with E-state index in [1.165, 1.54) is 11.1 Å². The van der Waals surface area contributed by atoms with Gasteiger partial charge in [0.2, 0.25) is 0 Å². The van der Waals surface area contributed by atoms with Gasteiger partial charge in [0.05, 0.1) is 6.61 Å². The highest BCUT2D eigenvalue weighted by Crippen LogP contribution is 2.30. The van der Waals surface area contributed by atoms with E-state index in [1.807, 2.05) is 30.3 Å². The SMILES string of the molecule is NC1CCCc2cc(OCc3ccc(CO)cc3)ccc21. The van der Waals surface area contributed by atoms with Crippen LogP contribution in [0.25, 0.3) is 0 Å². The standard InChI is InChI=1S/C18H21NO2/c19-18-3-1-2-15-10-16(8-9-17(15)18)21-12-14-6-4-13(11-20)5-7-14/h4-10,18,20H,1-3,11-12,19H2. The Balaban J connectivity index is 1.67. The van der Waals surface area contributed by atoms with Crippen LogP contribution >= 0.6 is 0 Å². The molecule has 21 heavy (non-hydrogen) atoms. The molecule has 0 amide bonds. The summed E-state index contributed by atoms with van der Waals surface area (Å²) in [7, 11) is 0. The number of aliphatic hydroxyl groups excluding tert-OH is 1. The smallest absolute Gasteiger partial charge is 0.120 e. The minimum Gasteiger partial charge on any atom is -0.489 e. The number of aliphatic hydroxyl groups is 1. The van der Waals surface area contributed by atoms with Crippen molar-refractivity contribution in [1.82, 2.24) is 0 Å². The van der Waals surface area contributed by atoms with E-state index in [0.717, 1.165) is 36.1 Å². The van der Waals surface area contributed by atoms with Gasteiger partial charge in [-0.3, -0.25) is 0 Å². The summed E-state index contributed by atoms with van der Waals surface area (Å²) >= 11 is 0. The lowest BCUT2D eigenvalue weighted by molar-refractivity contribution is 0.281. The first-order valence-corrected chi connectivity index (χ1v) is 7.46. The van der Waals surface area contributed by atoms with E-state index >= 15 is 0 Å². The molecule has 1 aliphatic carbocycles. The number of nitrogens with two attached hydrogens (primary N) is 1. The molecule has 2 aromatic carbocycles. The van der Waals surface area contributed by atoms with Gasteiger partial charge in [0, 0.05) is 6.04 Å². The molecule has 0 heterocycles. The second kappa shape index (κ2) is 6.29. The molecule has 0 fully saturated rings. The van der Waals surface area contributed by atoms with Gasteiger partial charge in [-0.25, -0.2) is 0 Å². The predicted molar refractivity (Wildman–Crippen MR) is 83.0 cm³/mol. The number of benzene rings is 2. The van der Waals surface area contributed by atoms with Crippen molar-refractivity contribution < 1.29 is 9.84 Å². The third-order valence-electron chi connectivity index (χ3n) is 4.09. The maximum Gasteiger partial charge on any atom is 0.120 e. The van der Waals surface area contributed by atoms with E-state index in [-0.39, 0.29) is 12.6 Å². The number of fused-ring (bicyclic) bond motifs is 1. The summed E-state index contributed by atoms with van der Waals surface area (Å²) in [5.41, 5.74) is 10.7. The maximum absolute atomic E-state index is 9.03. The Bertz CT molecular complexity index is 607. The summed E-state index contributed by atoms with van der Waals surface area (Å²) in [5.74, 6) is 0.897. The average Bonchev–Trinajstić information content (AvgIpc) is 2.53. The molecular formula is C18H21NO2. The van der Waals surface area contributed by atoms with Crippen LogP contribution < -0.4 is 10.5 Å². The summed E-state index contributed by atoms with van der Waals surface area (Å²) < 4.78 is 5.86. The molecule has 1 atom stereocenters. The molecule has 110 valence electrons. The topological polar surface area (TPSA) is 55.5 Å². The zero-order valence-electron chi connectivity index (χ0n) is 12.1. The third-order valence-corrected chi connectivity index (χ3v) is 4.09. The molecule has 1 unspecified atom stereocenters. The number of rotatable bonds is 4. The van der Waals surface area contributed by atoms with Crippen LogP contribution in [0.1, 0.15) is 41.1 Å². The normalized spacial score (nSPS) is 17.3. The Kier molecular flexibility index (Phi) is 4.23. The van der Waals surface area contributed by atoms with Gasteiger partial charge in [-0.05, 0) is 53.6 Å². The van der Waals surface area contributed by atoms with Gasteiger partial charge >= 0.3 is 0 Å². The molecular weight excluding hydrogens is 262 g/mol. The number of ether oxygens (including phenoxy) is 1. The summed E-state index contributed by atoms with van der Waals surface area (Å²) in [5, 5.41) is 9.03. The quantitative estimate of drug-likeness (QED) is 0.906. The minimum atomic E-state index is 0.0756. The highest BCUT2D eigenvalue weighted by atomic mass is 16.5. The van der Waals surface area contributed by atoms with Crippen LogP contribution in [0.5, 0.6) is 5.75 Å². The van der Waals surface area contributed by atoms with Crippen molar-refractivity contribution >= 4 is 0 Å². The zero-order chi connectivity index (χ0) is 14.7. The molecule has 0 aliphatic heterocycles. The average molecular weight is 283 g/mol. The molecule has 0 radical (unpaired) electrons. The molecule has 3 N–H and O–H groups in total. The summed E-state index contributed by atoms with van der Waals surface area (Å²) in [6, 6.07) is 14.2. The van der Waals surface area contributed by atoms with E-state index in [9.17, 15) is 0 Å². The fourth-order valence-corrected chi connectivity index (χ4v) is 2.83. The van der Waals surface area contributed by atoms with Crippen molar-refractivity contribution in [3.63, 3.8) is 0 Å². The molecule has 0 saturated carbocycles. The van der Waals surface area contributed by atoms with Gasteiger partial charge in [-0.1, -0.05) is 30.3 Å². The minimum absolute atomic E-state index is 0.0756. The lowest BCUT2D eigenvalue weighted by Crippen LogP contribution is -2.17. The molecule has 1 aliphatic rings. The molecule has 3 nitrogen and oxygen atoms in total. The Hall–Kier alpha value is -1.84. The first kappa shape index (κ1) is 14.1. The fraction of sp³-hybridized carbons (Fsp3) is 0.333. The Morgan fingerprint density at radius 2 is 1.86 bits per heavy atom. The van der Waals surface area contributed by atoms with E-state index in [4.69, 9.17) is 15.6 Å². The Labute approximate surface area is 125 Å². The molecule has 3 rings (SSSR count). The van der Waals surface area contributed by atoms with Gasteiger partial charge in [0.1, 0.15) is 12.4 Å². The van der Waals surface area contributed by atoms with Crippen molar-refractivity contribution in [2.45, 2.75) is 38.5 Å². The number of aryl methyl sites for hydroxylation is 1. The van der Waals surface area contributed by atoms with Crippen molar-refractivity contribution in [3.8, 4) is 5.75 Å². The maximum atomic E-state index is 9.03. The highest BCUT2D eigenvalue weighted by molar-refractivity contribution is 5.39. The molecule has 3 heteroatoms. The van der Waals surface area contributed by atoms with E-state index in [0.29, 0.717) is 6.61 Å². The summed E-state index contributed by atoms with van der Waals surface area (Å²) in [6.45, 7) is 0.614. The van der Waals surface area contributed by atoms with Gasteiger partial charge in [0.25, 0.3) is 0 Å². The molecule has 2 aromatic rings. The lowest BCUT2D eigenvalue weighted by Gasteiger charge is -2.22. The van der Waals surface area contributed by atoms with Crippen LogP contribution in [0.2, 0.25) is 0 Å². The first-order chi connectivity index (χ1) is 10.3. The molecule has 0 saturated heterocycles. The predicted octanol–water partition coefficient (Wildman–Crippen LogP) is 3.09. The fourth-order valence-electron chi connectivity index (χ4n) is 2.83. The summed E-state index contributed by atoms with van der Waals surface area (Å²) in [6.07, 6.45) is 3.32. The van der Waals surface area contributed by atoms with Crippen LogP contribution in [-0.4, -0.2) is 5.11 Å². The number of hydrogen-bond acceptors (Lipinski definition) is 3. The van der Waals surface area contributed by atoms with E-state index in [1.54, 1.807) is 0 Å². The van der Waals surface area contributed by atoms with Crippen molar-refractivity contribution in [2.75, 3.05) is 0 Å². The largest absolute Gasteiger partial charge is 0.489 e. The zero-order valence-corrected chi connectivity index (χ0v) is 12.1. The van der Waals surface area contributed by atoms with Crippen molar-refractivity contribution in [2.24, 2.45) is 5.73 Å². The first-order valence-electron chi connectivity index (χ1n) is 7.46. The lowest BCUT2D eigenvalue weighted by atomic mass is 9.88. The van der Waals surface area contributed by atoms with Gasteiger partial charge in [0.15, 0.2) is 0 Å². The van der Waals surface area contributed by atoms with Gasteiger partial charge < -0.3 is 15.6 Å². The molecule has 0 spiro atoms. The second-order valence-corrected chi connectivity index (χ2v) is 5.62. The van der Waals surface area contributed by atoms with Crippen LogP contribution in [0.4, 0.5) is 0 Å². The highest BCUT2D eigenvalue weighted by Gasteiger charge is 2.16. The second-order valence-electron chi connectivity index (χ2n) is 5.62. The van der Waals surface area contributed by atoms with Crippen LogP contribution in [0.3, 0.4) is 0 Å². The van der Waals surface area contributed by atoms with Crippen LogP contribution in [-0.2, 0) is 19.6 Å².